The van der Waals surface area contributed by atoms with Crippen molar-refractivity contribution in [1.82, 2.24) is 15.0 Å². The van der Waals surface area contributed by atoms with E-state index in [1.165, 1.54) is 24.3 Å². The minimum Gasteiger partial charge on any atom is -0.381 e. The zero-order valence-corrected chi connectivity index (χ0v) is 9.26. The van der Waals surface area contributed by atoms with Gasteiger partial charge in [-0.05, 0) is 31.3 Å². The summed E-state index contributed by atoms with van der Waals surface area (Å²) in [7, 11) is 0. The van der Waals surface area contributed by atoms with Gasteiger partial charge in [0.05, 0.1) is 5.69 Å². The van der Waals surface area contributed by atoms with E-state index < -0.39 is 0 Å². The molecule has 14 heavy (non-hydrogen) atoms. The Bertz CT molecular complexity index is 306. The van der Waals surface area contributed by atoms with Crippen molar-refractivity contribution in [1.29, 1.82) is 0 Å². The van der Waals surface area contributed by atoms with Crippen LogP contribution in [0.4, 0.5) is 5.82 Å². The average Bonchev–Trinajstić information content (AvgIpc) is 2.93. The first-order valence-electron chi connectivity index (χ1n) is 5.00. The SMILES string of the molecule is CSCCCn1nnc(N)c1C1CC1. The Morgan fingerprint density at radius 3 is 3.00 bits per heavy atom. The molecular formula is C9H16N4S. The van der Waals surface area contributed by atoms with Gasteiger partial charge in [0.25, 0.3) is 0 Å². The predicted molar refractivity (Wildman–Crippen MR) is 59.4 cm³/mol. The van der Waals surface area contributed by atoms with Crippen LogP contribution in [0.1, 0.15) is 30.9 Å². The summed E-state index contributed by atoms with van der Waals surface area (Å²) in [6.45, 7) is 0.955. The highest BCUT2D eigenvalue weighted by Crippen LogP contribution is 2.41. The summed E-state index contributed by atoms with van der Waals surface area (Å²) in [5, 5.41) is 8.02. The van der Waals surface area contributed by atoms with Crippen LogP contribution in [0.5, 0.6) is 0 Å². The fraction of sp³-hybridized carbons (Fsp3) is 0.778. The lowest BCUT2D eigenvalue weighted by molar-refractivity contribution is 0.559. The van der Waals surface area contributed by atoms with Gasteiger partial charge in [-0.25, -0.2) is 4.68 Å². The van der Waals surface area contributed by atoms with Gasteiger partial charge in [-0.1, -0.05) is 5.21 Å². The van der Waals surface area contributed by atoms with Crippen molar-refractivity contribution in [2.45, 2.75) is 31.7 Å². The molecule has 0 aromatic carbocycles. The number of rotatable bonds is 5. The van der Waals surface area contributed by atoms with E-state index in [0.29, 0.717) is 11.7 Å². The van der Waals surface area contributed by atoms with E-state index in [1.54, 1.807) is 0 Å². The van der Waals surface area contributed by atoms with E-state index in [-0.39, 0.29) is 0 Å². The number of nitrogens with zero attached hydrogens (tertiary/aromatic N) is 3. The molecule has 0 unspecified atom stereocenters. The topological polar surface area (TPSA) is 56.7 Å². The zero-order valence-electron chi connectivity index (χ0n) is 8.44. The number of anilines is 1. The van der Waals surface area contributed by atoms with Crippen LogP contribution in [0.3, 0.4) is 0 Å². The number of nitrogens with two attached hydrogens (primary N) is 1. The molecule has 0 atom stereocenters. The van der Waals surface area contributed by atoms with Gasteiger partial charge < -0.3 is 5.73 Å². The van der Waals surface area contributed by atoms with E-state index in [0.717, 1.165) is 13.0 Å². The molecule has 1 aliphatic rings. The van der Waals surface area contributed by atoms with Crippen LogP contribution in [0.25, 0.3) is 0 Å². The van der Waals surface area contributed by atoms with Gasteiger partial charge in [-0.3, -0.25) is 0 Å². The maximum Gasteiger partial charge on any atom is 0.169 e. The van der Waals surface area contributed by atoms with Gasteiger partial charge >= 0.3 is 0 Å². The maximum atomic E-state index is 5.79. The van der Waals surface area contributed by atoms with E-state index in [2.05, 4.69) is 16.6 Å². The van der Waals surface area contributed by atoms with Gasteiger partial charge in [0, 0.05) is 12.5 Å². The highest BCUT2D eigenvalue weighted by Gasteiger charge is 2.30. The first kappa shape index (κ1) is 9.83. The summed E-state index contributed by atoms with van der Waals surface area (Å²) < 4.78 is 1.99. The highest BCUT2D eigenvalue weighted by molar-refractivity contribution is 7.98. The number of aryl methyl sites for hydroxylation is 1. The first-order chi connectivity index (χ1) is 6.83. The first-order valence-corrected chi connectivity index (χ1v) is 6.40. The number of hydrogen-bond donors (Lipinski definition) is 1. The van der Waals surface area contributed by atoms with E-state index in [4.69, 9.17) is 5.73 Å². The van der Waals surface area contributed by atoms with E-state index in [9.17, 15) is 0 Å². The summed E-state index contributed by atoms with van der Waals surface area (Å²) in [5.74, 6) is 2.44. The van der Waals surface area contributed by atoms with Crippen molar-refractivity contribution in [2.24, 2.45) is 0 Å². The maximum absolute atomic E-state index is 5.79. The molecule has 0 saturated heterocycles. The molecule has 0 aliphatic heterocycles. The normalized spacial score (nSPS) is 16.1. The molecule has 0 spiro atoms. The van der Waals surface area contributed by atoms with Crippen LogP contribution in [0.2, 0.25) is 0 Å². The summed E-state index contributed by atoms with van der Waals surface area (Å²) >= 11 is 1.86. The zero-order chi connectivity index (χ0) is 9.97. The smallest absolute Gasteiger partial charge is 0.169 e. The highest BCUT2D eigenvalue weighted by atomic mass is 32.2. The molecule has 5 heteroatoms. The molecule has 0 radical (unpaired) electrons. The largest absolute Gasteiger partial charge is 0.381 e. The number of aromatic nitrogens is 3. The van der Waals surface area contributed by atoms with Gasteiger partial charge in [-0.15, -0.1) is 5.10 Å². The third kappa shape index (κ3) is 2.03. The second kappa shape index (κ2) is 4.21. The molecule has 1 fully saturated rings. The second-order valence-corrected chi connectivity index (χ2v) is 4.69. The van der Waals surface area contributed by atoms with Crippen LogP contribution in [0.15, 0.2) is 0 Å². The Balaban J connectivity index is 2.01. The number of nitrogen functional groups attached to an aromatic ring is 1. The van der Waals surface area contributed by atoms with Crippen molar-refractivity contribution >= 4 is 17.6 Å². The molecule has 2 rings (SSSR count). The number of hydrogen-bond acceptors (Lipinski definition) is 4. The molecule has 1 heterocycles. The Morgan fingerprint density at radius 1 is 1.57 bits per heavy atom. The van der Waals surface area contributed by atoms with Crippen molar-refractivity contribution in [3.8, 4) is 0 Å². The third-order valence-corrected chi connectivity index (χ3v) is 3.18. The fourth-order valence-corrected chi connectivity index (χ4v) is 2.05. The Kier molecular flexibility index (Phi) is 2.96. The minimum atomic E-state index is 0.636. The molecular weight excluding hydrogens is 196 g/mol. The molecule has 0 amide bonds. The van der Waals surface area contributed by atoms with Gasteiger partial charge in [0.1, 0.15) is 0 Å². The lowest BCUT2D eigenvalue weighted by atomic mass is 10.3. The van der Waals surface area contributed by atoms with Crippen molar-refractivity contribution < 1.29 is 0 Å². The second-order valence-electron chi connectivity index (χ2n) is 3.70. The van der Waals surface area contributed by atoms with Crippen molar-refractivity contribution in [3.05, 3.63) is 5.69 Å². The van der Waals surface area contributed by atoms with Crippen LogP contribution >= 0.6 is 11.8 Å². The summed E-state index contributed by atoms with van der Waals surface area (Å²) in [6, 6.07) is 0. The van der Waals surface area contributed by atoms with Gasteiger partial charge in [0.2, 0.25) is 0 Å². The molecule has 4 nitrogen and oxygen atoms in total. The van der Waals surface area contributed by atoms with Gasteiger partial charge in [-0.2, -0.15) is 11.8 Å². The van der Waals surface area contributed by atoms with Crippen molar-refractivity contribution in [3.63, 3.8) is 0 Å². The van der Waals surface area contributed by atoms with E-state index in [1.807, 2.05) is 16.4 Å². The van der Waals surface area contributed by atoms with Crippen LogP contribution in [0, 0.1) is 0 Å². The molecule has 0 bridgehead atoms. The van der Waals surface area contributed by atoms with Gasteiger partial charge in [0.15, 0.2) is 5.82 Å². The minimum absolute atomic E-state index is 0.636. The monoisotopic (exact) mass is 212 g/mol. The lowest BCUT2D eigenvalue weighted by Crippen LogP contribution is -2.06. The fourth-order valence-electron chi connectivity index (χ4n) is 1.63. The van der Waals surface area contributed by atoms with E-state index >= 15 is 0 Å². The van der Waals surface area contributed by atoms with Crippen molar-refractivity contribution in [2.75, 3.05) is 17.7 Å². The summed E-state index contributed by atoms with van der Waals surface area (Å²) in [5.41, 5.74) is 6.96. The molecule has 78 valence electrons. The molecule has 1 aliphatic carbocycles. The van der Waals surface area contributed by atoms with Crippen LogP contribution in [-0.4, -0.2) is 27.0 Å². The average molecular weight is 212 g/mol. The molecule has 1 saturated carbocycles. The number of thioether (sulfide) groups is 1. The standard InChI is InChI=1S/C9H16N4S/c1-14-6-2-5-13-8(7-3-4-7)9(10)11-12-13/h7H,2-6,10H2,1H3. The Morgan fingerprint density at radius 2 is 2.36 bits per heavy atom. The van der Waals surface area contributed by atoms with Crippen LogP contribution in [-0.2, 0) is 6.54 Å². The summed E-state index contributed by atoms with van der Waals surface area (Å²) in [4.78, 5) is 0. The molecule has 2 N–H and O–H groups in total. The quantitative estimate of drug-likeness (QED) is 0.751. The Hall–Kier alpha value is -0.710. The molecule has 1 aromatic heterocycles. The lowest BCUT2D eigenvalue weighted by Gasteiger charge is -2.04. The third-order valence-electron chi connectivity index (χ3n) is 2.48. The predicted octanol–water partition coefficient (Wildman–Crippen LogP) is 1.49. The Labute approximate surface area is 88.2 Å². The summed E-state index contributed by atoms with van der Waals surface area (Å²) in [6.07, 6.45) is 5.77. The van der Waals surface area contributed by atoms with Crippen LogP contribution < -0.4 is 5.73 Å². The molecule has 1 aromatic rings.